The van der Waals surface area contributed by atoms with Crippen molar-refractivity contribution in [2.45, 2.75) is 0 Å². The lowest BCUT2D eigenvalue weighted by Crippen LogP contribution is -2.48. The predicted molar refractivity (Wildman–Crippen MR) is 115 cm³/mol. The van der Waals surface area contributed by atoms with E-state index in [1.165, 1.54) is 0 Å². The van der Waals surface area contributed by atoms with Crippen LogP contribution in [0.2, 0.25) is 0 Å². The predicted octanol–water partition coefficient (Wildman–Crippen LogP) is -0.0300. The van der Waals surface area contributed by atoms with E-state index in [1.54, 1.807) is 0 Å². The molecule has 0 amide bonds. The van der Waals surface area contributed by atoms with E-state index in [9.17, 15) is 0 Å². The Morgan fingerprint density at radius 3 is 1.10 bits per heavy atom. The van der Waals surface area contributed by atoms with E-state index < -0.39 is 0 Å². The molecule has 0 aliphatic carbocycles. The molecule has 1 aliphatic heterocycles. The highest BCUT2D eigenvalue weighted by atomic mass is 16.5. The van der Waals surface area contributed by atoms with Crippen molar-refractivity contribution in [3.05, 3.63) is 0 Å². The Morgan fingerprint density at radius 1 is 0.467 bits per heavy atom. The molecule has 0 unspecified atom stereocenters. The van der Waals surface area contributed by atoms with Crippen LogP contribution in [-0.2, 0) is 28.4 Å². The van der Waals surface area contributed by atoms with E-state index in [0.29, 0.717) is 66.1 Å². The molecule has 0 saturated carbocycles. The quantitative estimate of drug-likeness (QED) is 0.199. The Labute approximate surface area is 182 Å². The lowest BCUT2D eigenvalue weighted by atomic mass is 10.3. The van der Waals surface area contributed by atoms with Crippen LogP contribution in [0, 0.1) is 24.7 Å². The maximum atomic E-state index is 5.63. The van der Waals surface area contributed by atoms with Gasteiger partial charge in [0.2, 0.25) is 0 Å². The number of nitrogens with zero attached hydrogens (tertiary/aromatic N) is 2. The fraction of sp³-hybridized carbons (Fsp3) is 0.818. The summed E-state index contributed by atoms with van der Waals surface area (Å²) in [5.41, 5.74) is 0. The minimum absolute atomic E-state index is 0.333. The minimum atomic E-state index is 0.333. The zero-order valence-electron chi connectivity index (χ0n) is 18.2. The van der Waals surface area contributed by atoms with Crippen LogP contribution in [0.3, 0.4) is 0 Å². The summed E-state index contributed by atoms with van der Waals surface area (Å²) in [5, 5.41) is 0. The van der Waals surface area contributed by atoms with Crippen LogP contribution >= 0.6 is 0 Å². The first-order valence-electron chi connectivity index (χ1n) is 10.6. The van der Waals surface area contributed by atoms with Crippen molar-refractivity contribution in [1.82, 2.24) is 9.80 Å². The molecule has 0 N–H and O–H groups in total. The van der Waals surface area contributed by atoms with Crippen LogP contribution < -0.4 is 0 Å². The molecule has 8 nitrogen and oxygen atoms in total. The molecule has 1 saturated heterocycles. The smallest absolute Gasteiger partial charge is 0.107 e. The van der Waals surface area contributed by atoms with Gasteiger partial charge in [0.05, 0.1) is 66.1 Å². The third-order valence-electron chi connectivity index (χ3n) is 4.43. The van der Waals surface area contributed by atoms with Crippen LogP contribution in [0.25, 0.3) is 0 Å². The summed E-state index contributed by atoms with van der Waals surface area (Å²) in [6.45, 7) is 12.8. The zero-order valence-corrected chi connectivity index (χ0v) is 18.2. The van der Waals surface area contributed by atoms with Gasteiger partial charge < -0.3 is 28.4 Å². The summed E-state index contributed by atoms with van der Waals surface area (Å²) in [4.78, 5) is 4.87. The average molecular weight is 427 g/mol. The summed E-state index contributed by atoms with van der Waals surface area (Å²) < 4.78 is 32.3. The first-order valence-corrected chi connectivity index (χ1v) is 10.6. The van der Waals surface area contributed by atoms with E-state index in [1.807, 2.05) is 0 Å². The van der Waals surface area contributed by atoms with Crippen molar-refractivity contribution in [2.75, 3.05) is 119 Å². The van der Waals surface area contributed by atoms with Crippen molar-refractivity contribution in [1.29, 1.82) is 0 Å². The average Bonchev–Trinajstić information content (AvgIpc) is 2.77. The molecule has 0 bridgehead atoms. The largest absolute Gasteiger partial charge is 0.378 e. The molecular weight excluding hydrogens is 388 g/mol. The van der Waals surface area contributed by atoms with Gasteiger partial charge in [0.15, 0.2) is 0 Å². The number of ether oxygens (including phenoxy) is 6. The summed E-state index contributed by atoms with van der Waals surface area (Å²) in [5.74, 6) is 4.83. The van der Waals surface area contributed by atoms with Crippen molar-refractivity contribution in [3.63, 3.8) is 0 Å². The SMILES string of the molecule is C#CCOCCOCCOCCN1CCN(CCOCCOCCOCC#C)CC1. The highest BCUT2D eigenvalue weighted by molar-refractivity contribution is 4.83. The molecule has 172 valence electrons. The van der Waals surface area contributed by atoms with Crippen LogP contribution in [-0.4, -0.2) is 128 Å². The molecule has 1 aliphatic rings. The molecule has 0 aromatic rings. The van der Waals surface area contributed by atoms with Crippen LogP contribution in [0.15, 0.2) is 0 Å². The fourth-order valence-corrected chi connectivity index (χ4v) is 2.77. The molecule has 8 heteroatoms. The third-order valence-corrected chi connectivity index (χ3v) is 4.43. The third kappa shape index (κ3) is 16.6. The van der Waals surface area contributed by atoms with Gasteiger partial charge in [-0.2, -0.15) is 0 Å². The van der Waals surface area contributed by atoms with Crippen LogP contribution in [0.4, 0.5) is 0 Å². The fourth-order valence-electron chi connectivity index (χ4n) is 2.77. The van der Waals surface area contributed by atoms with Crippen LogP contribution in [0.1, 0.15) is 0 Å². The van der Waals surface area contributed by atoms with Gasteiger partial charge in [0.1, 0.15) is 13.2 Å². The molecule has 30 heavy (non-hydrogen) atoms. The van der Waals surface area contributed by atoms with E-state index in [2.05, 4.69) is 21.6 Å². The molecule has 0 aromatic carbocycles. The number of rotatable bonds is 20. The van der Waals surface area contributed by atoms with Gasteiger partial charge in [0.25, 0.3) is 0 Å². The minimum Gasteiger partial charge on any atom is -0.378 e. The monoisotopic (exact) mass is 426 g/mol. The highest BCUT2D eigenvalue weighted by Gasteiger charge is 2.15. The Kier molecular flexibility index (Phi) is 18.8. The highest BCUT2D eigenvalue weighted by Crippen LogP contribution is 2.01. The molecular formula is C22H38N2O6. The van der Waals surface area contributed by atoms with Gasteiger partial charge >= 0.3 is 0 Å². The number of terminal acetylenes is 2. The van der Waals surface area contributed by atoms with Crippen molar-refractivity contribution in [3.8, 4) is 24.7 Å². The maximum Gasteiger partial charge on any atom is 0.107 e. The lowest BCUT2D eigenvalue weighted by Gasteiger charge is -2.34. The normalized spacial score (nSPS) is 15.1. The standard InChI is InChI=1S/C22H38N2O6/c1-3-11-25-15-19-29-21-17-27-13-9-23-5-7-24(8-6-23)10-14-28-18-22-30-20-16-26-12-4-2/h1-2H,5-22H2. The van der Waals surface area contributed by atoms with Crippen molar-refractivity contribution >= 4 is 0 Å². The van der Waals surface area contributed by atoms with Gasteiger partial charge in [-0.1, -0.05) is 11.8 Å². The van der Waals surface area contributed by atoms with E-state index in [4.69, 9.17) is 41.3 Å². The van der Waals surface area contributed by atoms with Gasteiger partial charge in [-0.25, -0.2) is 0 Å². The zero-order chi connectivity index (χ0) is 21.5. The van der Waals surface area contributed by atoms with Crippen molar-refractivity contribution in [2.24, 2.45) is 0 Å². The molecule has 0 aromatic heterocycles. The molecule has 0 atom stereocenters. The summed E-state index contributed by atoms with van der Waals surface area (Å²) in [6.07, 6.45) is 10.2. The number of hydrogen-bond donors (Lipinski definition) is 0. The lowest BCUT2D eigenvalue weighted by molar-refractivity contribution is 0.00590. The molecule has 0 spiro atoms. The second-order valence-corrected chi connectivity index (χ2v) is 6.65. The van der Waals surface area contributed by atoms with Gasteiger partial charge in [-0.05, 0) is 0 Å². The first-order chi connectivity index (χ1) is 14.9. The number of hydrogen-bond acceptors (Lipinski definition) is 8. The topological polar surface area (TPSA) is 61.9 Å². The van der Waals surface area contributed by atoms with Gasteiger partial charge in [-0.3, -0.25) is 9.80 Å². The molecule has 1 rings (SSSR count). The molecule has 0 radical (unpaired) electrons. The Bertz CT molecular complexity index is 416. The van der Waals surface area contributed by atoms with E-state index >= 15 is 0 Å². The molecule has 1 fully saturated rings. The van der Waals surface area contributed by atoms with E-state index in [0.717, 1.165) is 52.5 Å². The Morgan fingerprint density at radius 2 is 0.767 bits per heavy atom. The summed E-state index contributed by atoms with van der Waals surface area (Å²) in [7, 11) is 0. The van der Waals surface area contributed by atoms with Crippen LogP contribution in [0.5, 0.6) is 0 Å². The summed E-state index contributed by atoms with van der Waals surface area (Å²) >= 11 is 0. The van der Waals surface area contributed by atoms with Gasteiger partial charge in [-0.15, -0.1) is 12.8 Å². The van der Waals surface area contributed by atoms with Crippen molar-refractivity contribution < 1.29 is 28.4 Å². The summed E-state index contributed by atoms with van der Waals surface area (Å²) in [6, 6.07) is 0. The Hall–Kier alpha value is -1.20. The van der Waals surface area contributed by atoms with Gasteiger partial charge in [0, 0.05) is 39.3 Å². The number of piperazine rings is 1. The second kappa shape index (κ2) is 21.0. The Balaban J connectivity index is 1.81. The first kappa shape index (κ1) is 26.8. The van der Waals surface area contributed by atoms with E-state index in [-0.39, 0.29) is 0 Å². The molecule has 1 heterocycles. The maximum absolute atomic E-state index is 5.63. The second-order valence-electron chi connectivity index (χ2n) is 6.65.